The topological polar surface area (TPSA) is 72.6 Å². The standard InChI is InChI=1S/C10H18N2O3S/c1-7(9(11)16)10(14)12(2)6-4-5-8(13)15-3/h7H,4-6H2,1-3H3,(H2,11,16). The van der Waals surface area contributed by atoms with Crippen LogP contribution in [0.1, 0.15) is 19.8 Å². The lowest BCUT2D eigenvalue weighted by Gasteiger charge is -2.20. The number of rotatable bonds is 6. The zero-order chi connectivity index (χ0) is 12.7. The second-order valence-electron chi connectivity index (χ2n) is 3.56. The molecule has 0 aromatic carbocycles. The van der Waals surface area contributed by atoms with Gasteiger partial charge in [0, 0.05) is 20.0 Å². The minimum absolute atomic E-state index is 0.127. The average molecular weight is 246 g/mol. The van der Waals surface area contributed by atoms with Crippen LogP contribution in [0, 0.1) is 5.92 Å². The summed E-state index contributed by atoms with van der Waals surface area (Å²) in [6, 6.07) is 0. The van der Waals surface area contributed by atoms with Crippen molar-refractivity contribution in [2.24, 2.45) is 11.7 Å². The molecule has 92 valence electrons. The Kier molecular flexibility index (Phi) is 6.64. The number of nitrogens with two attached hydrogens (primary N) is 1. The smallest absolute Gasteiger partial charge is 0.305 e. The molecule has 0 bridgehead atoms. The summed E-state index contributed by atoms with van der Waals surface area (Å²) in [7, 11) is 3.00. The van der Waals surface area contributed by atoms with E-state index in [0.29, 0.717) is 19.4 Å². The van der Waals surface area contributed by atoms with Gasteiger partial charge in [-0.3, -0.25) is 9.59 Å². The maximum Gasteiger partial charge on any atom is 0.305 e. The van der Waals surface area contributed by atoms with Crippen LogP contribution in [0.2, 0.25) is 0 Å². The van der Waals surface area contributed by atoms with Gasteiger partial charge < -0.3 is 15.4 Å². The van der Waals surface area contributed by atoms with E-state index in [2.05, 4.69) is 4.74 Å². The zero-order valence-corrected chi connectivity index (χ0v) is 10.7. The molecule has 0 saturated carbocycles. The van der Waals surface area contributed by atoms with Crippen molar-refractivity contribution in [2.45, 2.75) is 19.8 Å². The summed E-state index contributed by atoms with van der Waals surface area (Å²) < 4.78 is 4.50. The summed E-state index contributed by atoms with van der Waals surface area (Å²) in [5, 5.41) is 0. The van der Waals surface area contributed by atoms with Gasteiger partial charge in [0.2, 0.25) is 5.91 Å². The molecule has 2 N–H and O–H groups in total. The highest BCUT2D eigenvalue weighted by molar-refractivity contribution is 7.80. The van der Waals surface area contributed by atoms with E-state index in [1.165, 1.54) is 12.0 Å². The summed E-state index contributed by atoms with van der Waals surface area (Å²) in [6.45, 7) is 2.16. The summed E-state index contributed by atoms with van der Waals surface area (Å²) in [5.41, 5.74) is 5.38. The molecule has 0 spiro atoms. The van der Waals surface area contributed by atoms with E-state index < -0.39 is 5.92 Å². The molecule has 0 fully saturated rings. The van der Waals surface area contributed by atoms with E-state index in [9.17, 15) is 9.59 Å². The Balaban J connectivity index is 3.97. The number of carbonyl (C=O) groups is 2. The van der Waals surface area contributed by atoms with Gasteiger partial charge in [-0.05, 0) is 13.3 Å². The number of hydrogen-bond acceptors (Lipinski definition) is 4. The Labute approximate surface area is 101 Å². The molecule has 0 aromatic heterocycles. The molecule has 0 rings (SSSR count). The molecule has 0 radical (unpaired) electrons. The number of methoxy groups -OCH3 is 1. The molecule has 1 amide bonds. The summed E-state index contributed by atoms with van der Waals surface area (Å²) in [4.78, 5) is 24.2. The number of amides is 1. The minimum Gasteiger partial charge on any atom is -0.469 e. The van der Waals surface area contributed by atoms with Crippen LogP contribution in [0.3, 0.4) is 0 Å². The van der Waals surface area contributed by atoms with Crippen LogP contribution in [-0.4, -0.2) is 42.5 Å². The fourth-order valence-corrected chi connectivity index (χ4v) is 1.23. The summed E-state index contributed by atoms with van der Waals surface area (Å²) in [5.74, 6) is -0.862. The Bertz CT molecular complexity index is 281. The fourth-order valence-electron chi connectivity index (χ4n) is 1.13. The SMILES string of the molecule is COC(=O)CCCN(C)C(=O)C(C)C(N)=S. The first-order valence-corrected chi connectivity index (χ1v) is 5.42. The molecule has 1 atom stereocenters. The Hall–Kier alpha value is -1.17. The molecule has 16 heavy (non-hydrogen) atoms. The van der Waals surface area contributed by atoms with Gasteiger partial charge in [-0.1, -0.05) is 12.2 Å². The van der Waals surface area contributed by atoms with Gasteiger partial charge in [0.05, 0.1) is 18.0 Å². The van der Waals surface area contributed by atoms with E-state index >= 15 is 0 Å². The van der Waals surface area contributed by atoms with Crippen molar-refractivity contribution >= 4 is 29.1 Å². The van der Waals surface area contributed by atoms with E-state index in [-0.39, 0.29) is 16.9 Å². The maximum atomic E-state index is 11.7. The van der Waals surface area contributed by atoms with Crippen LogP contribution in [-0.2, 0) is 14.3 Å². The fraction of sp³-hybridized carbons (Fsp3) is 0.700. The lowest BCUT2D eigenvalue weighted by atomic mass is 10.1. The lowest BCUT2D eigenvalue weighted by molar-refractivity contribution is -0.141. The molecule has 0 aliphatic rings. The van der Waals surface area contributed by atoms with Crippen LogP contribution in [0.25, 0.3) is 0 Å². The predicted octanol–water partition coefficient (Wildman–Crippen LogP) is 0.320. The molecule has 6 heteroatoms. The summed E-state index contributed by atoms with van der Waals surface area (Å²) >= 11 is 4.74. The molecular weight excluding hydrogens is 228 g/mol. The van der Waals surface area contributed by atoms with E-state index in [1.807, 2.05) is 0 Å². The number of nitrogens with zero attached hydrogens (tertiary/aromatic N) is 1. The minimum atomic E-state index is -0.460. The largest absolute Gasteiger partial charge is 0.469 e. The molecule has 0 aliphatic carbocycles. The monoisotopic (exact) mass is 246 g/mol. The zero-order valence-electron chi connectivity index (χ0n) is 9.86. The second-order valence-corrected chi connectivity index (χ2v) is 4.03. The van der Waals surface area contributed by atoms with Gasteiger partial charge in [-0.2, -0.15) is 0 Å². The van der Waals surface area contributed by atoms with Gasteiger partial charge in [0.1, 0.15) is 0 Å². The lowest BCUT2D eigenvalue weighted by Crippen LogP contribution is -2.38. The third kappa shape index (κ3) is 5.06. The van der Waals surface area contributed by atoms with Crippen LogP contribution < -0.4 is 5.73 Å². The van der Waals surface area contributed by atoms with E-state index in [4.69, 9.17) is 18.0 Å². The van der Waals surface area contributed by atoms with E-state index in [0.717, 1.165) is 0 Å². The van der Waals surface area contributed by atoms with Crippen molar-refractivity contribution in [1.29, 1.82) is 0 Å². The van der Waals surface area contributed by atoms with Crippen molar-refractivity contribution in [1.82, 2.24) is 4.90 Å². The van der Waals surface area contributed by atoms with Gasteiger partial charge in [0.25, 0.3) is 0 Å². The highest BCUT2D eigenvalue weighted by Crippen LogP contribution is 2.03. The van der Waals surface area contributed by atoms with Crippen LogP contribution in [0.5, 0.6) is 0 Å². The van der Waals surface area contributed by atoms with Gasteiger partial charge in [0.15, 0.2) is 0 Å². The Morgan fingerprint density at radius 3 is 2.50 bits per heavy atom. The average Bonchev–Trinajstić information content (AvgIpc) is 2.26. The molecule has 0 aliphatic heterocycles. The first kappa shape index (κ1) is 14.8. The molecular formula is C10H18N2O3S. The van der Waals surface area contributed by atoms with Crippen LogP contribution >= 0.6 is 12.2 Å². The van der Waals surface area contributed by atoms with Gasteiger partial charge in [-0.15, -0.1) is 0 Å². The molecule has 1 unspecified atom stereocenters. The Morgan fingerprint density at radius 1 is 1.50 bits per heavy atom. The second kappa shape index (κ2) is 7.16. The summed E-state index contributed by atoms with van der Waals surface area (Å²) in [6.07, 6.45) is 0.870. The van der Waals surface area contributed by atoms with E-state index in [1.54, 1.807) is 14.0 Å². The number of thiocarbonyl (C=S) groups is 1. The first-order valence-electron chi connectivity index (χ1n) is 5.01. The quantitative estimate of drug-likeness (QED) is 0.540. The number of hydrogen-bond donors (Lipinski definition) is 1. The van der Waals surface area contributed by atoms with Crippen molar-refractivity contribution in [3.8, 4) is 0 Å². The highest BCUT2D eigenvalue weighted by Gasteiger charge is 2.19. The third-order valence-corrected chi connectivity index (χ3v) is 2.63. The number of esters is 1. The molecule has 5 nitrogen and oxygen atoms in total. The molecule has 0 aromatic rings. The number of ether oxygens (including phenoxy) is 1. The van der Waals surface area contributed by atoms with Crippen molar-refractivity contribution < 1.29 is 14.3 Å². The third-order valence-electron chi connectivity index (χ3n) is 2.28. The molecule has 0 saturated heterocycles. The molecule has 0 heterocycles. The number of carbonyl (C=O) groups excluding carboxylic acids is 2. The highest BCUT2D eigenvalue weighted by atomic mass is 32.1. The van der Waals surface area contributed by atoms with Crippen LogP contribution in [0.4, 0.5) is 0 Å². The van der Waals surface area contributed by atoms with Gasteiger partial charge >= 0.3 is 5.97 Å². The van der Waals surface area contributed by atoms with Crippen molar-refractivity contribution in [2.75, 3.05) is 20.7 Å². The normalized spacial score (nSPS) is 11.7. The maximum absolute atomic E-state index is 11.7. The van der Waals surface area contributed by atoms with Crippen LogP contribution in [0.15, 0.2) is 0 Å². The predicted molar refractivity (Wildman–Crippen MR) is 64.8 cm³/mol. The Morgan fingerprint density at radius 2 is 2.06 bits per heavy atom. The first-order chi connectivity index (χ1) is 7.40. The van der Waals surface area contributed by atoms with Gasteiger partial charge in [-0.25, -0.2) is 0 Å². The van der Waals surface area contributed by atoms with Crippen molar-refractivity contribution in [3.63, 3.8) is 0 Å². The van der Waals surface area contributed by atoms with Crippen molar-refractivity contribution in [3.05, 3.63) is 0 Å².